The molecule has 2 rings (SSSR count). The molecule has 1 saturated carbocycles. The third-order valence-electron chi connectivity index (χ3n) is 3.55. The number of carbonyl (C=O) groups is 1. The van der Waals surface area contributed by atoms with Crippen molar-refractivity contribution >= 4 is 15.9 Å². The van der Waals surface area contributed by atoms with Crippen LogP contribution in [0.1, 0.15) is 35.2 Å². The molecule has 0 heterocycles. The summed E-state index contributed by atoms with van der Waals surface area (Å²) in [7, 11) is -1.68. The number of nitrogens with one attached hydrogen (secondary N) is 3. The highest BCUT2D eigenvalue weighted by atomic mass is 32.2. The Hall–Kier alpha value is -1.44. The second-order valence-electron chi connectivity index (χ2n) is 5.59. The normalized spacial score (nSPS) is 14.8. The Balaban J connectivity index is 2.10. The number of hydrogen-bond acceptors (Lipinski definition) is 4. The fourth-order valence-electron chi connectivity index (χ4n) is 2.06. The Kier molecular flexibility index (Phi) is 5.55. The van der Waals surface area contributed by atoms with Crippen LogP contribution in [0.5, 0.6) is 0 Å². The Morgan fingerprint density at radius 2 is 2.00 bits per heavy atom. The zero-order valence-corrected chi connectivity index (χ0v) is 13.8. The van der Waals surface area contributed by atoms with Gasteiger partial charge in [-0.15, -0.1) is 0 Å². The molecule has 1 fully saturated rings. The third kappa shape index (κ3) is 4.53. The van der Waals surface area contributed by atoms with Crippen molar-refractivity contribution in [3.63, 3.8) is 0 Å². The first-order valence-electron chi connectivity index (χ1n) is 7.50. The molecule has 0 atom stereocenters. The minimum absolute atomic E-state index is 0.0464. The van der Waals surface area contributed by atoms with Gasteiger partial charge in [0.15, 0.2) is 0 Å². The average molecular weight is 325 g/mol. The van der Waals surface area contributed by atoms with Crippen molar-refractivity contribution in [1.82, 2.24) is 15.4 Å². The van der Waals surface area contributed by atoms with Crippen LogP contribution in [0.25, 0.3) is 0 Å². The molecule has 0 aliphatic heterocycles. The van der Waals surface area contributed by atoms with Gasteiger partial charge in [0, 0.05) is 18.2 Å². The van der Waals surface area contributed by atoms with Crippen molar-refractivity contribution < 1.29 is 13.2 Å². The molecule has 1 aromatic carbocycles. The second-order valence-corrected chi connectivity index (χ2v) is 7.30. The van der Waals surface area contributed by atoms with E-state index < -0.39 is 10.0 Å². The molecule has 1 aromatic rings. The van der Waals surface area contributed by atoms with E-state index in [1.54, 1.807) is 13.0 Å². The lowest BCUT2D eigenvalue weighted by atomic mass is 10.1. The highest BCUT2D eigenvalue weighted by Gasteiger charge is 2.28. The van der Waals surface area contributed by atoms with E-state index in [0.717, 1.165) is 31.4 Å². The molecule has 0 unspecified atom stereocenters. The number of carbonyl (C=O) groups excluding carboxylic acids is 1. The number of aryl methyl sites for hydroxylation is 1. The Morgan fingerprint density at radius 1 is 1.27 bits per heavy atom. The molecular weight excluding hydrogens is 302 g/mol. The first kappa shape index (κ1) is 16.9. The first-order valence-corrected chi connectivity index (χ1v) is 8.98. The van der Waals surface area contributed by atoms with Gasteiger partial charge in [0.2, 0.25) is 10.0 Å². The molecule has 1 amide bonds. The molecule has 0 radical (unpaired) electrons. The molecule has 0 bridgehead atoms. The van der Waals surface area contributed by atoms with E-state index in [0.29, 0.717) is 12.1 Å². The van der Waals surface area contributed by atoms with Gasteiger partial charge in [-0.05, 0) is 57.5 Å². The van der Waals surface area contributed by atoms with Gasteiger partial charge in [0.1, 0.15) is 0 Å². The van der Waals surface area contributed by atoms with Crippen molar-refractivity contribution in [3.05, 3.63) is 29.3 Å². The fraction of sp³-hybridized carbons (Fsp3) is 0.533. The minimum Gasteiger partial charge on any atom is -0.352 e. The van der Waals surface area contributed by atoms with E-state index in [-0.39, 0.29) is 16.8 Å². The summed E-state index contributed by atoms with van der Waals surface area (Å²) in [5, 5.41) is 5.82. The molecule has 1 aliphatic rings. The van der Waals surface area contributed by atoms with Gasteiger partial charge >= 0.3 is 0 Å². The zero-order valence-electron chi connectivity index (χ0n) is 13.0. The van der Waals surface area contributed by atoms with E-state index in [1.807, 2.05) is 7.05 Å². The standard InChI is InChI=1S/C15H23N3O3S/c1-11-4-7-13(22(20,21)18-12-5-6-12)10-14(11)15(19)17-9-3-8-16-2/h4,7,10,12,16,18H,3,5-6,8-9H2,1-2H3,(H,17,19). The van der Waals surface area contributed by atoms with Crippen LogP contribution in [-0.4, -0.2) is 40.5 Å². The highest BCUT2D eigenvalue weighted by molar-refractivity contribution is 7.89. The van der Waals surface area contributed by atoms with Crippen molar-refractivity contribution in [2.24, 2.45) is 0 Å². The van der Waals surface area contributed by atoms with E-state index in [9.17, 15) is 13.2 Å². The molecular formula is C15H23N3O3S. The molecule has 1 aliphatic carbocycles. The molecule has 122 valence electrons. The summed E-state index contributed by atoms with van der Waals surface area (Å²) in [6.07, 6.45) is 2.58. The highest BCUT2D eigenvalue weighted by Crippen LogP contribution is 2.23. The maximum Gasteiger partial charge on any atom is 0.251 e. The Bertz CT molecular complexity index is 639. The van der Waals surface area contributed by atoms with Gasteiger partial charge in [-0.25, -0.2) is 13.1 Å². The monoisotopic (exact) mass is 325 g/mol. The van der Waals surface area contributed by atoms with Crippen LogP contribution >= 0.6 is 0 Å². The quantitative estimate of drug-likeness (QED) is 0.616. The van der Waals surface area contributed by atoms with Crippen LogP contribution in [0.4, 0.5) is 0 Å². The minimum atomic E-state index is -3.54. The van der Waals surface area contributed by atoms with Gasteiger partial charge in [-0.3, -0.25) is 4.79 Å². The van der Waals surface area contributed by atoms with Crippen molar-refractivity contribution in [2.75, 3.05) is 20.1 Å². The molecule has 0 spiro atoms. The van der Waals surface area contributed by atoms with E-state index in [4.69, 9.17) is 0 Å². The lowest BCUT2D eigenvalue weighted by molar-refractivity contribution is 0.0952. The van der Waals surface area contributed by atoms with Gasteiger partial charge in [0.05, 0.1) is 4.90 Å². The van der Waals surface area contributed by atoms with Crippen LogP contribution < -0.4 is 15.4 Å². The molecule has 22 heavy (non-hydrogen) atoms. The summed E-state index contributed by atoms with van der Waals surface area (Å²) in [6.45, 7) is 3.17. The second kappa shape index (κ2) is 7.21. The third-order valence-corrected chi connectivity index (χ3v) is 5.07. The van der Waals surface area contributed by atoms with E-state index in [1.165, 1.54) is 12.1 Å². The first-order chi connectivity index (χ1) is 10.4. The Labute approximate surface area is 131 Å². The van der Waals surface area contributed by atoms with Gasteiger partial charge in [-0.1, -0.05) is 6.07 Å². The Morgan fingerprint density at radius 3 is 2.64 bits per heavy atom. The number of amides is 1. The van der Waals surface area contributed by atoms with E-state index >= 15 is 0 Å². The van der Waals surface area contributed by atoms with Crippen LogP contribution in [0.15, 0.2) is 23.1 Å². The van der Waals surface area contributed by atoms with Gasteiger partial charge in [0.25, 0.3) is 5.91 Å². The van der Waals surface area contributed by atoms with Crippen molar-refractivity contribution in [3.8, 4) is 0 Å². The van der Waals surface area contributed by atoms with Crippen LogP contribution in [0, 0.1) is 6.92 Å². The summed E-state index contributed by atoms with van der Waals surface area (Å²) in [5.41, 5.74) is 1.17. The maximum atomic E-state index is 12.2. The summed E-state index contributed by atoms with van der Waals surface area (Å²) < 4.78 is 27.1. The molecule has 0 aromatic heterocycles. The average Bonchev–Trinajstić information content (AvgIpc) is 3.27. The largest absolute Gasteiger partial charge is 0.352 e. The van der Waals surface area contributed by atoms with Crippen LogP contribution in [-0.2, 0) is 10.0 Å². The molecule has 0 saturated heterocycles. The van der Waals surface area contributed by atoms with Crippen molar-refractivity contribution in [2.45, 2.75) is 37.1 Å². The predicted octanol–water partition coefficient (Wildman–Crippen LogP) is 0.775. The zero-order chi connectivity index (χ0) is 16.2. The number of sulfonamides is 1. The molecule has 6 nitrogen and oxygen atoms in total. The van der Waals surface area contributed by atoms with Crippen LogP contribution in [0.3, 0.4) is 0 Å². The van der Waals surface area contributed by atoms with E-state index in [2.05, 4.69) is 15.4 Å². The SMILES string of the molecule is CNCCCNC(=O)c1cc(S(=O)(=O)NC2CC2)ccc1C. The fourth-order valence-corrected chi connectivity index (χ4v) is 3.39. The predicted molar refractivity (Wildman–Crippen MR) is 85.4 cm³/mol. The van der Waals surface area contributed by atoms with Gasteiger partial charge in [-0.2, -0.15) is 0 Å². The summed E-state index contributed by atoms with van der Waals surface area (Å²) in [4.78, 5) is 12.3. The van der Waals surface area contributed by atoms with Gasteiger partial charge < -0.3 is 10.6 Å². The maximum absolute atomic E-state index is 12.2. The topological polar surface area (TPSA) is 87.3 Å². The summed E-state index contributed by atoms with van der Waals surface area (Å²) >= 11 is 0. The van der Waals surface area contributed by atoms with Crippen LogP contribution in [0.2, 0.25) is 0 Å². The summed E-state index contributed by atoms with van der Waals surface area (Å²) in [6, 6.07) is 4.71. The lowest BCUT2D eigenvalue weighted by Gasteiger charge is -2.11. The van der Waals surface area contributed by atoms with Crippen molar-refractivity contribution in [1.29, 1.82) is 0 Å². The number of rotatable bonds is 8. The number of benzene rings is 1. The molecule has 3 N–H and O–H groups in total. The lowest BCUT2D eigenvalue weighted by Crippen LogP contribution is -2.28. The number of hydrogen-bond donors (Lipinski definition) is 3. The summed E-state index contributed by atoms with van der Waals surface area (Å²) in [5.74, 6) is -0.239. The molecule has 7 heteroatoms. The smallest absolute Gasteiger partial charge is 0.251 e.